The molecular formula is C28H31ClN4O4. The molecule has 3 heterocycles. The van der Waals surface area contributed by atoms with Crippen LogP contribution in [-0.2, 0) is 28.9 Å². The number of hydrogen-bond donors (Lipinski definition) is 0. The summed E-state index contributed by atoms with van der Waals surface area (Å²) in [4.78, 5) is 21.6. The summed E-state index contributed by atoms with van der Waals surface area (Å²) >= 11 is 6.37. The first kappa shape index (κ1) is 25.3. The van der Waals surface area contributed by atoms with Crippen LogP contribution in [0.15, 0.2) is 35.0 Å². The molecule has 37 heavy (non-hydrogen) atoms. The van der Waals surface area contributed by atoms with E-state index in [1.807, 2.05) is 39.8 Å². The minimum atomic E-state index is -0.194. The summed E-state index contributed by atoms with van der Waals surface area (Å²) in [5, 5.41) is 5.81. The van der Waals surface area contributed by atoms with Gasteiger partial charge in [-0.25, -0.2) is 4.98 Å². The molecule has 0 spiro atoms. The van der Waals surface area contributed by atoms with E-state index in [1.54, 1.807) is 12.3 Å². The molecule has 0 amide bonds. The number of hydrogen-bond acceptors (Lipinski definition) is 7. The highest BCUT2D eigenvalue weighted by atomic mass is 35.5. The number of aryl methyl sites for hydroxylation is 1. The van der Waals surface area contributed by atoms with Crippen molar-refractivity contribution < 1.29 is 18.8 Å². The third-order valence-electron chi connectivity index (χ3n) is 6.73. The lowest BCUT2D eigenvalue weighted by molar-refractivity contribution is -0.148. The van der Waals surface area contributed by atoms with Gasteiger partial charge in [-0.2, -0.15) is 4.98 Å². The van der Waals surface area contributed by atoms with Crippen molar-refractivity contribution in [1.29, 1.82) is 0 Å². The Morgan fingerprint density at radius 1 is 1.24 bits per heavy atom. The third-order valence-corrected chi connectivity index (χ3v) is 7.00. The maximum Gasteiger partial charge on any atom is 0.310 e. The van der Waals surface area contributed by atoms with E-state index in [0.717, 1.165) is 42.1 Å². The van der Waals surface area contributed by atoms with Crippen LogP contribution in [0.5, 0.6) is 5.88 Å². The van der Waals surface area contributed by atoms with Crippen LogP contribution >= 0.6 is 11.6 Å². The molecule has 0 N–H and O–H groups in total. The summed E-state index contributed by atoms with van der Waals surface area (Å²) in [6.07, 6.45) is 5.35. The fourth-order valence-electron chi connectivity index (χ4n) is 5.07. The van der Waals surface area contributed by atoms with Gasteiger partial charge < -0.3 is 18.6 Å². The van der Waals surface area contributed by atoms with Crippen molar-refractivity contribution in [1.82, 2.24) is 19.7 Å². The minimum absolute atomic E-state index is 0.0368. The van der Waals surface area contributed by atoms with Crippen LogP contribution in [0.1, 0.15) is 51.8 Å². The van der Waals surface area contributed by atoms with E-state index in [2.05, 4.69) is 20.8 Å². The second-order valence-electron chi connectivity index (χ2n) is 9.55. The number of pyridine rings is 1. The molecule has 1 atom stereocenters. The number of benzene rings is 1. The highest BCUT2D eigenvalue weighted by molar-refractivity contribution is 6.32. The zero-order chi connectivity index (χ0) is 26.1. The topological polar surface area (TPSA) is 92.3 Å². The van der Waals surface area contributed by atoms with Crippen molar-refractivity contribution in [3.05, 3.63) is 46.7 Å². The monoisotopic (exact) mass is 522 g/mol. The van der Waals surface area contributed by atoms with Gasteiger partial charge in [-0.15, -0.1) is 0 Å². The SMILES string of the molecule is CCOC(=O)C(CC)Cn1c2c(c3c(-c4noc(-c5cnc(OC(C)C)c(Cl)c5)n4)cccc31)CCC2. The van der Waals surface area contributed by atoms with Gasteiger partial charge >= 0.3 is 5.97 Å². The summed E-state index contributed by atoms with van der Waals surface area (Å²) in [6, 6.07) is 7.85. The predicted octanol–water partition coefficient (Wildman–Crippen LogP) is 6.27. The molecule has 1 aliphatic carbocycles. The molecule has 1 unspecified atom stereocenters. The van der Waals surface area contributed by atoms with Crippen LogP contribution in [0, 0.1) is 5.92 Å². The Balaban J connectivity index is 1.53. The van der Waals surface area contributed by atoms with Crippen LogP contribution in [-0.4, -0.2) is 38.4 Å². The van der Waals surface area contributed by atoms with Crippen molar-refractivity contribution in [3.63, 3.8) is 0 Å². The second kappa shape index (κ2) is 10.5. The Morgan fingerprint density at radius 3 is 2.81 bits per heavy atom. The molecule has 0 fully saturated rings. The first-order valence-electron chi connectivity index (χ1n) is 12.9. The van der Waals surface area contributed by atoms with Gasteiger partial charge in [-0.1, -0.05) is 35.8 Å². The van der Waals surface area contributed by atoms with E-state index < -0.39 is 0 Å². The number of carbonyl (C=O) groups is 1. The zero-order valence-electron chi connectivity index (χ0n) is 21.6. The average molecular weight is 523 g/mol. The van der Waals surface area contributed by atoms with Gasteiger partial charge in [0.2, 0.25) is 11.7 Å². The highest BCUT2D eigenvalue weighted by Crippen LogP contribution is 2.39. The normalized spacial score (nSPS) is 13.8. The molecule has 0 saturated heterocycles. The quantitative estimate of drug-likeness (QED) is 0.239. The van der Waals surface area contributed by atoms with Gasteiger partial charge in [-0.3, -0.25) is 4.79 Å². The number of halogens is 1. The first-order valence-corrected chi connectivity index (χ1v) is 13.2. The number of aromatic nitrogens is 4. The van der Waals surface area contributed by atoms with Crippen LogP contribution in [0.25, 0.3) is 33.7 Å². The Kier molecular flexibility index (Phi) is 7.20. The summed E-state index contributed by atoms with van der Waals surface area (Å²) in [5.74, 6) is 0.871. The summed E-state index contributed by atoms with van der Waals surface area (Å²) < 4.78 is 18.9. The fourth-order valence-corrected chi connectivity index (χ4v) is 5.28. The van der Waals surface area contributed by atoms with E-state index in [1.165, 1.54) is 11.3 Å². The van der Waals surface area contributed by atoms with Gasteiger partial charge in [0.05, 0.1) is 24.2 Å². The summed E-state index contributed by atoms with van der Waals surface area (Å²) in [7, 11) is 0. The molecule has 194 valence electrons. The van der Waals surface area contributed by atoms with Gasteiger partial charge in [-0.05, 0) is 64.2 Å². The van der Waals surface area contributed by atoms with E-state index in [-0.39, 0.29) is 18.0 Å². The number of esters is 1. The minimum Gasteiger partial charge on any atom is -0.474 e. The van der Waals surface area contributed by atoms with Crippen molar-refractivity contribution in [2.75, 3.05) is 6.61 Å². The fraction of sp³-hybridized carbons (Fsp3) is 0.429. The number of fused-ring (bicyclic) bond motifs is 3. The highest BCUT2D eigenvalue weighted by Gasteiger charge is 2.28. The van der Waals surface area contributed by atoms with Crippen LogP contribution in [0.3, 0.4) is 0 Å². The van der Waals surface area contributed by atoms with Gasteiger partial charge in [0.15, 0.2) is 0 Å². The molecule has 3 aromatic heterocycles. The maximum absolute atomic E-state index is 12.6. The number of nitrogens with zero attached hydrogens (tertiary/aromatic N) is 4. The number of carbonyl (C=O) groups excluding carboxylic acids is 1. The van der Waals surface area contributed by atoms with E-state index in [9.17, 15) is 4.79 Å². The Morgan fingerprint density at radius 2 is 2.08 bits per heavy atom. The second-order valence-corrected chi connectivity index (χ2v) is 9.95. The van der Waals surface area contributed by atoms with Gasteiger partial charge in [0.25, 0.3) is 5.89 Å². The molecule has 8 nitrogen and oxygen atoms in total. The molecule has 0 saturated carbocycles. The van der Waals surface area contributed by atoms with E-state index >= 15 is 0 Å². The molecule has 0 bridgehead atoms. The van der Waals surface area contributed by atoms with Crippen LogP contribution in [0.4, 0.5) is 0 Å². The van der Waals surface area contributed by atoms with Crippen LogP contribution < -0.4 is 4.74 Å². The molecular weight excluding hydrogens is 492 g/mol. The molecule has 1 aliphatic rings. The predicted molar refractivity (Wildman–Crippen MR) is 142 cm³/mol. The average Bonchev–Trinajstić information content (AvgIpc) is 3.61. The first-order chi connectivity index (χ1) is 17.9. The molecule has 5 rings (SSSR count). The lowest BCUT2D eigenvalue weighted by Gasteiger charge is -2.17. The molecule has 9 heteroatoms. The van der Waals surface area contributed by atoms with Crippen molar-refractivity contribution in [2.24, 2.45) is 5.92 Å². The third kappa shape index (κ3) is 4.82. The van der Waals surface area contributed by atoms with E-state index in [0.29, 0.717) is 41.3 Å². The number of rotatable bonds is 9. The lowest BCUT2D eigenvalue weighted by Crippen LogP contribution is -2.23. The molecule has 0 radical (unpaired) electrons. The molecule has 4 aromatic rings. The largest absolute Gasteiger partial charge is 0.474 e. The van der Waals surface area contributed by atoms with Crippen LogP contribution in [0.2, 0.25) is 5.02 Å². The Bertz CT molecular complexity index is 1440. The molecule has 1 aromatic carbocycles. The standard InChI is InChI=1S/C28H31ClN4O4/c1-5-17(28(34)35-6-2)15-33-22-11-7-9-19(22)24-20(10-8-12-23(24)33)25-31-26(37-32-25)18-13-21(29)27(30-14-18)36-16(3)4/h8,10,12-14,16-17H,5-7,9,11,15H2,1-4H3. The van der Waals surface area contributed by atoms with E-state index in [4.69, 9.17) is 30.6 Å². The van der Waals surface area contributed by atoms with Crippen molar-refractivity contribution in [3.8, 4) is 28.7 Å². The number of ether oxygens (including phenoxy) is 2. The van der Waals surface area contributed by atoms with Gasteiger partial charge in [0.1, 0.15) is 5.02 Å². The van der Waals surface area contributed by atoms with Crippen molar-refractivity contribution >= 4 is 28.5 Å². The Hall–Kier alpha value is -3.39. The summed E-state index contributed by atoms with van der Waals surface area (Å²) in [5.41, 5.74) is 5.19. The smallest absolute Gasteiger partial charge is 0.310 e. The summed E-state index contributed by atoms with van der Waals surface area (Å²) in [6.45, 7) is 8.69. The van der Waals surface area contributed by atoms with Gasteiger partial charge in [0, 0.05) is 34.9 Å². The Labute approximate surface area is 220 Å². The lowest BCUT2D eigenvalue weighted by atomic mass is 10.0. The molecule has 0 aliphatic heterocycles. The zero-order valence-corrected chi connectivity index (χ0v) is 22.3. The van der Waals surface area contributed by atoms with Crippen molar-refractivity contribution in [2.45, 2.75) is 66.0 Å². The maximum atomic E-state index is 12.6.